The number of methoxy groups -OCH3 is 1. The molecule has 0 aromatic rings. The first kappa shape index (κ1) is 14.9. The van der Waals surface area contributed by atoms with E-state index in [1.807, 2.05) is 0 Å². The van der Waals surface area contributed by atoms with Crippen molar-refractivity contribution in [3.05, 3.63) is 0 Å². The van der Waals surface area contributed by atoms with Gasteiger partial charge in [0.15, 0.2) is 0 Å². The minimum atomic E-state index is 0.668. The Kier molecular flexibility index (Phi) is 7.82. The first-order valence-electron chi connectivity index (χ1n) is 7.23. The van der Waals surface area contributed by atoms with Crippen molar-refractivity contribution < 1.29 is 4.74 Å². The zero-order valence-corrected chi connectivity index (χ0v) is 11.9. The van der Waals surface area contributed by atoms with Gasteiger partial charge in [-0.1, -0.05) is 6.92 Å². The molecule has 0 radical (unpaired) electrons. The topological polar surface area (TPSA) is 24.5 Å². The predicted molar refractivity (Wildman–Crippen MR) is 73.5 cm³/mol. The lowest BCUT2D eigenvalue weighted by Crippen LogP contribution is -2.44. The van der Waals surface area contributed by atoms with Crippen molar-refractivity contribution in [3.63, 3.8) is 0 Å². The van der Waals surface area contributed by atoms with Gasteiger partial charge in [-0.05, 0) is 58.7 Å². The quantitative estimate of drug-likeness (QED) is 0.723. The summed E-state index contributed by atoms with van der Waals surface area (Å²) in [6.45, 7) is 9.25. The summed E-state index contributed by atoms with van der Waals surface area (Å²) in [7, 11) is 1.79. The second kappa shape index (κ2) is 8.90. The maximum atomic E-state index is 5.10. The smallest absolute Gasteiger partial charge is 0.0462 e. The maximum absolute atomic E-state index is 5.10. The van der Waals surface area contributed by atoms with Crippen LogP contribution in [0.5, 0.6) is 0 Å². The molecule has 0 aliphatic carbocycles. The van der Waals surface area contributed by atoms with Crippen molar-refractivity contribution >= 4 is 0 Å². The van der Waals surface area contributed by atoms with Crippen LogP contribution in [0.25, 0.3) is 0 Å². The molecule has 0 saturated carbocycles. The molecule has 2 unspecified atom stereocenters. The lowest BCUT2D eigenvalue weighted by molar-refractivity contribution is 0.175. The standard InChI is InChI=1S/C14H30N2O/c1-4-14-8-11-16(9-5-6-12-17-3)10-7-13(2)15-14/h13-15H,4-12H2,1-3H3. The molecule has 3 nitrogen and oxygen atoms in total. The van der Waals surface area contributed by atoms with Gasteiger partial charge in [0.25, 0.3) is 0 Å². The Hall–Kier alpha value is -0.120. The Morgan fingerprint density at radius 3 is 2.71 bits per heavy atom. The molecule has 1 N–H and O–H groups in total. The van der Waals surface area contributed by atoms with Gasteiger partial charge in [-0.25, -0.2) is 0 Å². The fraction of sp³-hybridized carbons (Fsp3) is 1.00. The lowest BCUT2D eigenvalue weighted by Gasteiger charge is -2.32. The molecule has 0 spiro atoms. The van der Waals surface area contributed by atoms with Gasteiger partial charge in [-0.15, -0.1) is 0 Å². The third-order valence-electron chi connectivity index (χ3n) is 3.76. The maximum Gasteiger partial charge on any atom is 0.0462 e. The molecule has 0 bridgehead atoms. The normalized spacial score (nSPS) is 27.7. The summed E-state index contributed by atoms with van der Waals surface area (Å²) in [6.07, 6.45) is 6.29. The molecule has 1 heterocycles. The fourth-order valence-corrected chi connectivity index (χ4v) is 2.52. The van der Waals surface area contributed by atoms with Crippen molar-refractivity contribution in [1.82, 2.24) is 10.2 Å². The van der Waals surface area contributed by atoms with E-state index in [-0.39, 0.29) is 0 Å². The van der Waals surface area contributed by atoms with Crippen LogP contribution < -0.4 is 5.32 Å². The number of hydrogen-bond acceptors (Lipinski definition) is 3. The second-order valence-corrected chi connectivity index (χ2v) is 5.29. The zero-order chi connectivity index (χ0) is 12.5. The van der Waals surface area contributed by atoms with Crippen LogP contribution in [0.2, 0.25) is 0 Å². The van der Waals surface area contributed by atoms with Crippen molar-refractivity contribution in [3.8, 4) is 0 Å². The highest BCUT2D eigenvalue weighted by Crippen LogP contribution is 2.09. The molecular formula is C14H30N2O. The van der Waals surface area contributed by atoms with Crippen LogP contribution in [0, 0.1) is 0 Å². The minimum Gasteiger partial charge on any atom is -0.385 e. The van der Waals surface area contributed by atoms with Crippen LogP contribution in [-0.4, -0.2) is 50.3 Å². The summed E-state index contributed by atoms with van der Waals surface area (Å²) in [5.74, 6) is 0. The van der Waals surface area contributed by atoms with Crippen LogP contribution in [-0.2, 0) is 4.74 Å². The molecule has 0 aromatic carbocycles. The molecule has 0 amide bonds. The fourth-order valence-electron chi connectivity index (χ4n) is 2.52. The number of ether oxygens (including phenoxy) is 1. The highest BCUT2D eigenvalue weighted by Gasteiger charge is 2.16. The van der Waals surface area contributed by atoms with Gasteiger partial charge < -0.3 is 15.0 Å². The van der Waals surface area contributed by atoms with Gasteiger partial charge in [0.05, 0.1) is 0 Å². The van der Waals surface area contributed by atoms with E-state index in [0.29, 0.717) is 12.1 Å². The number of rotatable bonds is 6. The Balaban J connectivity index is 2.24. The molecule has 17 heavy (non-hydrogen) atoms. The Morgan fingerprint density at radius 1 is 1.24 bits per heavy atom. The van der Waals surface area contributed by atoms with Gasteiger partial charge in [-0.2, -0.15) is 0 Å². The number of nitrogens with one attached hydrogen (secondary N) is 1. The third kappa shape index (κ3) is 6.39. The summed E-state index contributed by atoms with van der Waals surface area (Å²) < 4.78 is 5.10. The zero-order valence-electron chi connectivity index (χ0n) is 11.9. The van der Waals surface area contributed by atoms with E-state index in [1.54, 1.807) is 7.11 Å². The van der Waals surface area contributed by atoms with E-state index < -0.39 is 0 Å². The summed E-state index contributed by atoms with van der Waals surface area (Å²) >= 11 is 0. The largest absolute Gasteiger partial charge is 0.385 e. The number of hydrogen-bond donors (Lipinski definition) is 1. The summed E-state index contributed by atoms with van der Waals surface area (Å²) in [4.78, 5) is 2.63. The van der Waals surface area contributed by atoms with Gasteiger partial charge in [-0.3, -0.25) is 0 Å². The summed E-state index contributed by atoms with van der Waals surface area (Å²) in [5.41, 5.74) is 0. The first-order chi connectivity index (χ1) is 8.26. The van der Waals surface area contributed by atoms with E-state index in [0.717, 1.165) is 6.61 Å². The minimum absolute atomic E-state index is 0.668. The molecule has 1 aliphatic rings. The first-order valence-corrected chi connectivity index (χ1v) is 7.23. The SMILES string of the molecule is CCC1CCN(CCCCOC)CCC(C)N1. The highest BCUT2D eigenvalue weighted by atomic mass is 16.5. The van der Waals surface area contributed by atoms with E-state index in [4.69, 9.17) is 4.74 Å². The Labute approximate surface area is 107 Å². The molecule has 1 aliphatic heterocycles. The monoisotopic (exact) mass is 242 g/mol. The van der Waals surface area contributed by atoms with Gasteiger partial charge >= 0.3 is 0 Å². The van der Waals surface area contributed by atoms with Crippen LogP contribution in [0.1, 0.15) is 46.0 Å². The van der Waals surface area contributed by atoms with Crippen molar-refractivity contribution in [1.29, 1.82) is 0 Å². The van der Waals surface area contributed by atoms with Crippen LogP contribution in [0.15, 0.2) is 0 Å². The molecule has 0 aromatic heterocycles. The van der Waals surface area contributed by atoms with Crippen LogP contribution in [0.4, 0.5) is 0 Å². The summed E-state index contributed by atoms with van der Waals surface area (Å²) in [6, 6.07) is 1.38. The van der Waals surface area contributed by atoms with E-state index in [1.165, 1.54) is 51.7 Å². The lowest BCUT2D eigenvalue weighted by atomic mass is 10.1. The van der Waals surface area contributed by atoms with E-state index in [2.05, 4.69) is 24.1 Å². The third-order valence-corrected chi connectivity index (χ3v) is 3.76. The summed E-state index contributed by atoms with van der Waals surface area (Å²) in [5, 5.41) is 3.72. The number of unbranched alkanes of at least 4 members (excludes halogenated alkanes) is 1. The van der Waals surface area contributed by atoms with Crippen LogP contribution in [0.3, 0.4) is 0 Å². The molecule has 1 rings (SSSR count). The van der Waals surface area contributed by atoms with E-state index >= 15 is 0 Å². The second-order valence-electron chi connectivity index (χ2n) is 5.29. The Bertz CT molecular complexity index is 187. The predicted octanol–water partition coefficient (Wildman–Crippen LogP) is 2.27. The Morgan fingerprint density at radius 2 is 2.00 bits per heavy atom. The molecular weight excluding hydrogens is 212 g/mol. The van der Waals surface area contributed by atoms with Gasteiger partial charge in [0.2, 0.25) is 0 Å². The van der Waals surface area contributed by atoms with Crippen molar-refractivity contribution in [2.75, 3.05) is 33.4 Å². The van der Waals surface area contributed by atoms with E-state index in [9.17, 15) is 0 Å². The average molecular weight is 242 g/mol. The van der Waals surface area contributed by atoms with Crippen LogP contribution >= 0.6 is 0 Å². The molecule has 3 heteroatoms. The highest BCUT2D eigenvalue weighted by molar-refractivity contribution is 4.76. The van der Waals surface area contributed by atoms with Crippen molar-refractivity contribution in [2.24, 2.45) is 0 Å². The molecule has 1 fully saturated rings. The van der Waals surface area contributed by atoms with Gasteiger partial charge in [0, 0.05) is 25.8 Å². The number of nitrogens with zero attached hydrogens (tertiary/aromatic N) is 1. The molecule has 102 valence electrons. The molecule has 1 saturated heterocycles. The van der Waals surface area contributed by atoms with Gasteiger partial charge in [0.1, 0.15) is 0 Å². The molecule has 2 atom stereocenters. The van der Waals surface area contributed by atoms with Crippen molar-refractivity contribution in [2.45, 2.75) is 58.0 Å². The average Bonchev–Trinajstić information content (AvgIpc) is 2.32.